The summed E-state index contributed by atoms with van der Waals surface area (Å²) in [5.41, 5.74) is 0. The monoisotopic (exact) mass is 306 g/mol. The van der Waals surface area contributed by atoms with Crippen LogP contribution in [-0.4, -0.2) is 27.8 Å². The van der Waals surface area contributed by atoms with Crippen molar-refractivity contribution < 1.29 is 4.43 Å². The molecule has 1 nitrogen and oxygen atoms in total. The van der Waals surface area contributed by atoms with Crippen LogP contribution in [0.15, 0.2) is 0 Å². The summed E-state index contributed by atoms with van der Waals surface area (Å²) < 4.78 is 6.84. The number of rotatable bonds is 7. The quantitative estimate of drug-likeness (QED) is 0.458. The normalized spacial score (nSPS) is 17.7. The largest absolute Gasteiger partial charge is 0.414 e. The molecule has 0 aliphatic carbocycles. The molecule has 0 bridgehead atoms. The zero-order chi connectivity index (χ0) is 14.8. The molecule has 0 aliphatic heterocycles. The lowest BCUT2D eigenvalue weighted by molar-refractivity contribution is 0.165. The van der Waals surface area contributed by atoms with E-state index in [-0.39, 0.29) is 5.22 Å². The number of hydrogen-bond donors (Lipinski definition) is 0. The second-order valence-electron chi connectivity index (χ2n) is 7.93. The minimum absolute atomic E-state index is 0.0817. The van der Waals surface area contributed by atoms with Crippen LogP contribution in [0.5, 0.6) is 0 Å². The lowest BCUT2D eigenvalue weighted by Crippen LogP contribution is -2.60. The third kappa shape index (κ3) is 4.16. The first-order valence-corrected chi connectivity index (χ1v) is 14.5. The van der Waals surface area contributed by atoms with Gasteiger partial charge in [0.15, 0.2) is 8.32 Å². The molecule has 0 radical (unpaired) electrons. The van der Waals surface area contributed by atoms with Crippen LogP contribution in [0.4, 0.5) is 0 Å². The maximum Gasteiger partial charge on any atom is 0.192 e. The molecule has 2 atom stereocenters. The van der Waals surface area contributed by atoms with E-state index in [9.17, 15) is 0 Å². The van der Waals surface area contributed by atoms with Crippen molar-refractivity contribution in [1.82, 2.24) is 0 Å². The highest BCUT2D eigenvalue weighted by Crippen LogP contribution is 2.45. The molecule has 0 spiro atoms. The van der Waals surface area contributed by atoms with Gasteiger partial charge in [0, 0.05) is 5.22 Å². The molecule has 0 aliphatic rings. The fourth-order valence-electron chi connectivity index (χ4n) is 2.13. The lowest BCUT2D eigenvalue weighted by Gasteiger charge is -2.50. The van der Waals surface area contributed by atoms with Crippen LogP contribution in [-0.2, 0) is 4.43 Å². The maximum atomic E-state index is 6.84. The molecule has 0 aromatic heterocycles. The smallest absolute Gasteiger partial charge is 0.192 e. The van der Waals surface area contributed by atoms with Crippen LogP contribution in [0.3, 0.4) is 0 Å². The van der Waals surface area contributed by atoms with E-state index in [2.05, 4.69) is 69.7 Å². The molecule has 0 rings (SSSR count). The molecule has 2 unspecified atom stereocenters. The van der Waals surface area contributed by atoms with Gasteiger partial charge in [-0.3, -0.25) is 0 Å². The Balaban J connectivity index is 5.17. The topological polar surface area (TPSA) is 9.23 Å². The van der Waals surface area contributed by atoms with Crippen molar-refractivity contribution in [2.24, 2.45) is 0 Å². The van der Waals surface area contributed by atoms with Gasteiger partial charge in [0.25, 0.3) is 0 Å². The Hall–Kier alpha value is 0.824. The zero-order valence-corrected chi connectivity index (χ0v) is 17.3. The van der Waals surface area contributed by atoms with Crippen LogP contribution < -0.4 is 0 Å². The van der Waals surface area contributed by atoms with Gasteiger partial charge in [-0.15, -0.1) is 9.24 Å². The van der Waals surface area contributed by atoms with Gasteiger partial charge in [0.05, 0.1) is 8.07 Å². The van der Waals surface area contributed by atoms with Gasteiger partial charge >= 0.3 is 0 Å². The van der Waals surface area contributed by atoms with Crippen molar-refractivity contribution in [3.05, 3.63) is 0 Å². The molecule has 0 saturated carbocycles. The van der Waals surface area contributed by atoms with Crippen molar-refractivity contribution in [2.45, 2.75) is 83.5 Å². The summed E-state index contributed by atoms with van der Waals surface area (Å²) in [6.07, 6.45) is 3.57. The number of hydrogen-bond acceptors (Lipinski definition) is 1. The predicted molar refractivity (Wildman–Crippen MR) is 93.8 cm³/mol. The minimum atomic E-state index is -1.70. The molecule has 0 aromatic carbocycles. The highest BCUT2D eigenvalue weighted by atomic mass is 31.0. The highest BCUT2D eigenvalue weighted by Gasteiger charge is 2.48. The van der Waals surface area contributed by atoms with Crippen LogP contribution in [0.25, 0.3) is 0 Å². The van der Waals surface area contributed by atoms with E-state index in [0.717, 1.165) is 6.16 Å². The zero-order valence-electron chi connectivity index (χ0n) is 14.1. The first-order chi connectivity index (χ1) is 7.83. The standard InChI is InChI=1S/C14H35OPSi2/c1-10-11-13(2,3)18(8,9)15-14(4,12-16)17(5,6)7/h10-12,16H2,1-9H3. The molecule has 18 heavy (non-hydrogen) atoms. The maximum absolute atomic E-state index is 6.84. The van der Waals surface area contributed by atoms with Crippen LogP contribution in [0.1, 0.15) is 40.5 Å². The van der Waals surface area contributed by atoms with Crippen LogP contribution in [0.2, 0.25) is 37.8 Å². The van der Waals surface area contributed by atoms with Crippen molar-refractivity contribution in [1.29, 1.82) is 0 Å². The van der Waals surface area contributed by atoms with Crippen molar-refractivity contribution in [3.8, 4) is 0 Å². The molecule has 0 fully saturated rings. The van der Waals surface area contributed by atoms with E-state index in [1.54, 1.807) is 0 Å². The third-order valence-electron chi connectivity index (χ3n) is 4.96. The Kier molecular flexibility index (Phi) is 6.35. The van der Waals surface area contributed by atoms with Gasteiger partial charge in [-0.05, 0) is 37.6 Å². The SMILES string of the molecule is CCCC(C)(C)[Si](C)(C)OC(C)(CP)[Si](C)(C)C. The van der Waals surface area contributed by atoms with Gasteiger partial charge in [0.1, 0.15) is 0 Å². The average molecular weight is 307 g/mol. The summed E-state index contributed by atoms with van der Waals surface area (Å²) in [6, 6.07) is 0. The molecule has 0 N–H and O–H groups in total. The third-order valence-corrected chi connectivity index (χ3v) is 14.3. The van der Waals surface area contributed by atoms with Gasteiger partial charge in [0.2, 0.25) is 0 Å². The molecule has 0 amide bonds. The average Bonchev–Trinajstić information content (AvgIpc) is 2.14. The fourth-order valence-corrected chi connectivity index (χ4v) is 9.16. The Labute approximate surface area is 120 Å². The van der Waals surface area contributed by atoms with Crippen LogP contribution >= 0.6 is 9.24 Å². The molecule has 0 aromatic rings. The summed E-state index contributed by atoms with van der Waals surface area (Å²) >= 11 is 0. The molecule has 110 valence electrons. The van der Waals surface area contributed by atoms with Gasteiger partial charge in [-0.1, -0.05) is 46.8 Å². The predicted octanol–water partition coefficient (Wildman–Crippen LogP) is 5.30. The van der Waals surface area contributed by atoms with E-state index in [1.165, 1.54) is 12.8 Å². The molecular formula is C14H35OPSi2. The summed E-state index contributed by atoms with van der Waals surface area (Å²) in [5, 5.41) is 0.431. The van der Waals surface area contributed by atoms with Crippen molar-refractivity contribution in [3.63, 3.8) is 0 Å². The van der Waals surface area contributed by atoms with E-state index in [4.69, 9.17) is 4.43 Å². The molecule has 4 heteroatoms. The molecule has 0 heterocycles. The summed E-state index contributed by atoms with van der Waals surface area (Å²) in [6.45, 7) is 21.5. The Morgan fingerprint density at radius 2 is 1.44 bits per heavy atom. The van der Waals surface area contributed by atoms with Gasteiger partial charge < -0.3 is 4.43 Å². The van der Waals surface area contributed by atoms with E-state index in [0.29, 0.717) is 5.04 Å². The Morgan fingerprint density at radius 3 is 1.72 bits per heavy atom. The van der Waals surface area contributed by atoms with Crippen LogP contribution in [0, 0.1) is 0 Å². The second-order valence-corrected chi connectivity index (χ2v) is 18.5. The van der Waals surface area contributed by atoms with E-state index >= 15 is 0 Å². The minimum Gasteiger partial charge on any atom is -0.414 e. The summed E-state index contributed by atoms with van der Waals surface area (Å²) in [5.74, 6) is 0. The summed E-state index contributed by atoms with van der Waals surface area (Å²) in [4.78, 5) is 0. The van der Waals surface area contributed by atoms with E-state index < -0.39 is 16.4 Å². The molecular weight excluding hydrogens is 271 g/mol. The Bertz CT molecular complexity index is 271. The van der Waals surface area contributed by atoms with Crippen molar-refractivity contribution in [2.75, 3.05) is 6.16 Å². The van der Waals surface area contributed by atoms with Crippen molar-refractivity contribution >= 4 is 25.6 Å². The lowest BCUT2D eigenvalue weighted by atomic mass is 10.1. The fraction of sp³-hybridized carbons (Fsp3) is 1.00. The van der Waals surface area contributed by atoms with Gasteiger partial charge in [-0.2, -0.15) is 0 Å². The Morgan fingerprint density at radius 1 is 1.00 bits per heavy atom. The highest BCUT2D eigenvalue weighted by molar-refractivity contribution is 7.17. The first kappa shape index (κ1) is 18.8. The summed E-state index contributed by atoms with van der Waals surface area (Å²) in [7, 11) is -0.113. The van der Waals surface area contributed by atoms with Gasteiger partial charge in [-0.25, -0.2) is 0 Å². The first-order valence-electron chi connectivity index (χ1n) is 7.23. The van der Waals surface area contributed by atoms with E-state index in [1.807, 2.05) is 0 Å². The second kappa shape index (κ2) is 6.07. The molecule has 0 saturated heterocycles.